The minimum absolute atomic E-state index is 0.495. The smallest absolute Gasteiger partial charge is 0.154 e. The van der Waals surface area contributed by atoms with Crippen LogP contribution in [0.25, 0.3) is 0 Å². The highest BCUT2D eigenvalue weighted by molar-refractivity contribution is 8.11. The zero-order chi connectivity index (χ0) is 10.7. The molecule has 0 unspecified atom stereocenters. The highest BCUT2D eigenvalue weighted by Gasteiger charge is 2.03. The Balaban J connectivity index is 2.15. The first-order chi connectivity index (χ1) is 7.25. The Labute approximate surface area is 99.2 Å². The van der Waals surface area contributed by atoms with Crippen molar-refractivity contribution in [3.63, 3.8) is 0 Å². The Morgan fingerprint density at radius 2 is 2.07 bits per heavy atom. The number of aromatic amines is 1. The number of aromatic nitrogens is 2. The van der Waals surface area contributed by atoms with Gasteiger partial charge in [0.1, 0.15) is 4.20 Å². The van der Waals surface area contributed by atoms with E-state index in [1.165, 1.54) is 5.56 Å². The summed E-state index contributed by atoms with van der Waals surface area (Å²) >= 11 is 8.98. The zero-order valence-electron chi connectivity index (χ0n) is 7.97. The highest BCUT2D eigenvalue weighted by atomic mass is 32.1. The Kier molecular flexibility index (Phi) is 3.18. The minimum Gasteiger partial charge on any atom is -0.340 e. The first-order valence-electron chi connectivity index (χ1n) is 4.57. The molecule has 4 heteroatoms. The summed E-state index contributed by atoms with van der Waals surface area (Å²) in [7, 11) is 0. The third-order valence-electron chi connectivity index (χ3n) is 2.07. The van der Waals surface area contributed by atoms with E-state index in [0.29, 0.717) is 10.0 Å². The van der Waals surface area contributed by atoms with Crippen LogP contribution in [0.4, 0.5) is 0 Å². The van der Waals surface area contributed by atoms with Crippen molar-refractivity contribution in [3.05, 3.63) is 53.6 Å². The predicted molar refractivity (Wildman–Crippen MR) is 68.5 cm³/mol. The lowest BCUT2D eigenvalue weighted by Crippen LogP contribution is -1.92. The molecule has 0 fully saturated rings. The number of thiol groups is 1. The number of benzene rings is 1. The van der Waals surface area contributed by atoms with E-state index in [-0.39, 0.29) is 0 Å². The number of thiocarbonyl (C=S) groups is 1. The van der Waals surface area contributed by atoms with Gasteiger partial charge in [-0.15, -0.1) is 12.6 Å². The summed E-state index contributed by atoms with van der Waals surface area (Å²) in [5.74, 6) is 0.666. The zero-order valence-corrected chi connectivity index (χ0v) is 9.68. The number of nitrogens with zero attached hydrogens (tertiary/aromatic N) is 1. The standard InChI is InChI=1S/C11H10N2S2/c14-11(15)10-12-7-9(13-10)6-8-4-2-1-3-5-8/h1-5,7H,6H2,(H,12,13)(H,14,15). The monoisotopic (exact) mass is 234 g/mol. The quantitative estimate of drug-likeness (QED) is 0.631. The largest absolute Gasteiger partial charge is 0.340 e. The van der Waals surface area contributed by atoms with Gasteiger partial charge in [0.2, 0.25) is 0 Å². The van der Waals surface area contributed by atoms with Gasteiger partial charge in [0.25, 0.3) is 0 Å². The van der Waals surface area contributed by atoms with Gasteiger partial charge in [-0.3, -0.25) is 0 Å². The molecule has 0 bridgehead atoms. The van der Waals surface area contributed by atoms with Crippen LogP contribution in [0, 0.1) is 0 Å². The van der Waals surface area contributed by atoms with Crippen LogP contribution < -0.4 is 0 Å². The molecule has 2 nitrogen and oxygen atoms in total. The molecule has 2 rings (SSSR count). The molecule has 1 heterocycles. The fourth-order valence-electron chi connectivity index (χ4n) is 1.37. The van der Waals surface area contributed by atoms with Gasteiger partial charge in [0.15, 0.2) is 5.82 Å². The molecule has 76 valence electrons. The molecule has 0 saturated heterocycles. The summed E-state index contributed by atoms with van der Waals surface area (Å²) < 4.78 is 0.495. The van der Waals surface area contributed by atoms with Crippen LogP contribution in [0.3, 0.4) is 0 Å². The first-order valence-corrected chi connectivity index (χ1v) is 5.42. The van der Waals surface area contributed by atoms with Crippen molar-refractivity contribution in [3.8, 4) is 0 Å². The third-order valence-corrected chi connectivity index (χ3v) is 2.47. The summed E-state index contributed by atoms with van der Waals surface area (Å²) in [5.41, 5.74) is 2.30. The van der Waals surface area contributed by atoms with E-state index in [1.54, 1.807) is 6.20 Å². The van der Waals surface area contributed by atoms with Crippen molar-refractivity contribution in [1.82, 2.24) is 9.97 Å². The molecule has 0 amide bonds. The van der Waals surface area contributed by atoms with Crippen molar-refractivity contribution < 1.29 is 0 Å². The van der Waals surface area contributed by atoms with Crippen molar-refractivity contribution in [2.24, 2.45) is 0 Å². The summed E-state index contributed by atoms with van der Waals surface area (Å²) in [4.78, 5) is 7.27. The van der Waals surface area contributed by atoms with E-state index in [2.05, 4.69) is 34.7 Å². The molecule has 0 aliphatic heterocycles. The number of rotatable bonds is 3. The molecular weight excluding hydrogens is 224 g/mol. The number of hydrogen-bond acceptors (Lipinski definition) is 2. The lowest BCUT2D eigenvalue weighted by Gasteiger charge is -1.97. The fraction of sp³-hybridized carbons (Fsp3) is 0.0909. The Bertz CT molecular complexity index is 462. The first kappa shape index (κ1) is 10.4. The van der Waals surface area contributed by atoms with Gasteiger partial charge in [0.05, 0.1) is 0 Å². The molecule has 0 radical (unpaired) electrons. The van der Waals surface area contributed by atoms with E-state index in [9.17, 15) is 0 Å². The van der Waals surface area contributed by atoms with Crippen LogP contribution in [0.2, 0.25) is 0 Å². The Morgan fingerprint density at radius 3 is 2.67 bits per heavy atom. The topological polar surface area (TPSA) is 28.7 Å². The van der Waals surface area contributed by atoms with Gasteiger partial charge in [0, 0.05) is 18.3 Å². The molecule has 0 aliphatic carbocycles. The molecule has 0 aliphatic rings. The van der Waals surface area contributed by atoms with Gasteiger partial charge in [-0.25, -0.2) is 4.98 Å². The molecule has 1 aromatic heterocycles. The average molecular weight is 234 g/mol. The summed E-state index contributed by atoms with van der Waals surface area (Å²) in [6.07, 6.45) is 2.63. The molecule has 0 atom stereocenters. The lowest BCUT2D eigenvalue weighted by molar-refractivity contribution is 1.10. The van der Waals surface area contributed by atoms with Crippen LogP contribution in [0.5, 0.6) is 0 Å². The van der Waals surface area contributed by atoms with Gasteiger partial charge in [-0.05, 0) is 5.56 Å². The summed E-state index contributed by atoms with van der Waals surface area (Å²) in [5, 5.41) is 0. The van der Waals surface area contributed by atoms with Gasteiger partial charge in [-0.2, -0.15) is 0 Å². The molecule has 1 aromatic carbocycles. The number of hydrogen-bond donors (Lipinski definition) is 2. The number of nitrogens with one attached hydrogen (secondary N) is 1. The second kappa shape index (κ2) is 4.59. The van der Waals surface area contributed by atoms with Crippen LogP contribution >= 0.6 is 24.8 Å². The lowest BCUT2D eigenvalue weighted by atomic mass is 10.1. The maximum Gasteiger partial charge on any atom is 0.154 e. The van der Waals surface area contributed by atoms with Gasteiger partial charge in [-0.1, -0.05) is 42.5 Å². The van der Waals surface area contributed by atoms with E-state index in [0.717, 1.165) is 12.1 Å². The molecule has 0 saturated carbocycles. The third kappa shape index (κ3) is 2.67. The number of H-pyrrole nitrogens is 1. The second-order valence-corrected chi connectivity index (χ2v) is 4.38. The maximum atomic E-state index is 4.91. The molecule has 2 aromatic rings. The summed E-state index contributed by atoms with van der Waals surface area (Å²) in [6, 6.07) is 10.2. The van der Waals surface area contributed by atoms with Crippen LogP contribution in [0.1, 0.15) is 17.1 Å². The fourth-order valence-corrected chi connectivity index (χ4v) is 1.59. The maximum absolute atomic E-state index is 4.91. The predicted octanol–water partition coefficient (Wildman–Crippen LogP) is 2.61. The van der Waals surface area contributed by atoms with Crippen molar-refractivity contribution in [2.45, 2.75) is 6.42 Å². The SMILES string of the molecule is S=C(S)c1ncc(Cc2ccccc2)[nH]1. The second-order valence-electron chi connectivity index (χ2n) is 3.22. The highest BCUT2D eigenvalue weighted by Crippen LogP contribution is 2.08. The van der Waals surface area contributed by atoms with Crippen LogP contribution in [-0.2, 0) is 6.42 Å². The Morgan fingerprint density at radius 1 is 1.33 bits per heavy atom. The van der Waals surface area contributed by atoms with E-state index >= 15 is 0 Å². The van der Waals surface area contributed by atoms with E-state index in [4.69, 9.17) is 12.2 Å². The minimum atomic E-state index is 0.495. The number of imidazole rings is 1. The van der Waals surface area contributed by atoms with Crippen molar-refractivity contribution in [1.29, 1.82) is 0 Å². The van der Waals surface area contributed by atoms with Gasteiger partial charge >= 0.3 is 0 Å². The van der Waals surface area contributed by atoms with Crippen molar-refractivity contribution >= 4 is 29.0 Å². The van der Waals surface area contributed by atoms with Gasteiger partial charge < -0.3 is 4.98 Å². The summed E-state index contributed by atoms with van der Waals surface area (Å²) in [6.45, 7) is 0. The van der Waals surface area contributed by atoms with Crippen molar-refractivity contribution in [2.75, 3.05) is 0 Å². The molecular formula is C11H10N2S2. The normalized spacial score (nSPS) is 10.2. The van der Waals surface area contributed by atoms with Crippen LogP contribution in [-0.4, -0.2) is 14.2 Å². The van der Waals surface area contributed by atoms with E-state index < -0.39 is 0 Å². The van der Waals surface area contributed by atoms with E-state index in [1.807, 2.05) is 18.2 Å². The molecule has 15 heavy (non-hydrogen) atoms. The van der Waals surface area contributed by atoms with Crippen LogP contribution in [0.15, 0.2) is 36.5 Å². The average Bonchev–Trinajstić information content (AvgIpc) is 2.68. The molecule has 1 N–H and O–H groups in total. The molecule has 0 spiro atoms. The Hall–Kier alpha value is -1.13.